The molecule has 2 aromatic carbocycles. The smallest absolute Gasteiger partial charge is 0.195 e. The average Bonchev–Trinajstić information content (AvgIpc) is 3.17. The van der Waals surface area contributed by atoms with E-state index < -0.39 is 0 Å². The molecule has 4 heteroatoms. The van der Waals surface area contributed by atoms with Crippen LogP contribution in [-0.4, -0.2) is 11.6 Å². The molecule has 0 spiro atoms. The van der Waals surface area contributed by atoms with Gasteiger partial charge in [-0.2, -0.15) is 0 Å². The van der Waals surface area contributed by atoms with Crippen molar-refractivity contribution in [2.75, 3.05) is 0 Å². The molecule has 0 amide bonds. The Morgan fingerprint density at radius 1 is 0.800 bits per heavy atom. The van der Waals surface area contributed by atoms with Crippen molar-refractivity contribution < 1.29 is 18.4 Å². The Morgan fingerprint density at radius 3 is 2.04 bits per heavy atom. The van der Waals surface area contributed by atoms with Crippen molar-refractivity contribution in [3.63, 3.8) is 0 Å². The lowest BCUT2D eigenvalue weighted by molar-refractivity contribution is 0.0981. The Hall–Kier alpha value is -3.14. The van der Waals surface area contributed by atoms with Gasteiger partial charge in [0, 0.05) is 30.2 Å². The van der Waals surface area contributed by atoms with Crippen LogP contribution >= 0.6 is 0 Å². The lowest BCUT2D eigenvalue weighted by Crippen LogP contribution is -1.90. The first-order valence-corrected chi connectivity index (χ1v) is 7.96. The molecule has 0 atom stereocenters. The third-order valence-electron chi connectivity index (χ3n) is 3.94. The molecule has 0 saturated heterocycles. The summed E-state index contributed by atoms with van der Waals surface area (Å²) in [6.45, 7) is 4.92. The van der Waals surface area contributed by atoms with E-state index in [9.17, 15) is 9.59 Å². The molecule has 4 rings (SSSR count). The standard InChI is InChI=1S/C11H10O2.C10H8O2/c1-7-9-5-3-4-6-10(9)13-11(7)8(2)12;1-7(11)10-6-8-4-2-3-5-9(8)12-10/h3-6H,1-2H3;2-6H,1H3. The first-order valence-electron chi connectivity index (χ1n) is 7.96. The van der Waals surface area contributed by atoms with E-state index in [0.29, 0.717) is 11.5 Å². The van der Waals surface area contributed by atoms with Crippen LogP contribution in [0, 0.1) is 6.92 Å². The van der Waals surface area contributed by atoms with Crippen LogP contribution in [0.2, 0.25) is 0 Å². The SMILES string of the molecule is CC(=O)c1cc2ccccc2o1.CC(=O)c1oc2ccccc2c1C. The highest BCUT2D eigenvalue weighted by Gasteiger charge is 2.12. The second kappa shape index (κ2) is 6.77. The molecule has 0 bridgehead atoms. The van der Waals surface area contributed by atoms with Crippen LogP contribution in [0.3, 0.4) is 0 Å². The zero-order chi connectivity index (χ0) is 18.0. The van der Waals surface area contributed by atoms with Crippen molar-refractivity contribution in [1.29, 1.82) is 0 Å². The van der Waals surface area contributed by atoms with Crippen LogP contribution in [-0.2, 0) is 0 Å². The van der Waals surface area contributed by atoms with Crippen molar-refractivity contribution in [2.45, 2.75) is 20.8 Å². The van der Waals surface area contributed by atoms with Gasteiger partial charge in [0.15, 0.2) is 23.1 Å². The summed E-state index contributed by atoms with van der Waals surface area (Å²) >= 11 is 0. The Labute approximate surface area is 145 Å². The summed E-state index contributed by atoms with van der Waals surface area (Å²) in [6, 6.07) is 17.0. The van der Waals surface area contributed by atoms with Gasteiger partial charge in [-0.05, 0) is 25.1 Å². The van der Waals surface area contributed by atoms with Gasteiger partial charge in [0.1, 0.15) is 11.2 Å². The van der Waals surface area contributed by atoms with E-state index >= 15 is 0 Å². The molecule has 25 heavy (non-hydrogen) atoms. The minimum Gasteiger partial charge on any atom is -0.453 e. The highest BCUT2D eigenvalue weighted by atomic mass is 16.3. The number of carbonyl (C=O) groups is 2. The van der Waals surface area contributed by atoms with E-state index in [1.165, 1.54) is 13.8 Å². The van der Waals surface area contributed by atoms with Crippen molar-refractivity contribution in [1.82, 2.24) is 0 Å². The number of Topliss-reactive ketones (excluding diaryl/α,β-unsaturated/α-hetero) is 2. The van der Waals surface area contributed by atoms with E-state index in [1.54, 1.807) is 6.07 Å². The molecule has 2 aromatic heterocycles. The predicted octanol–water partition coefficient (Wildman–Crippen LogP) is 5.58. The Balaban J connectivity index is 0.000000146. The summed E-state index contributed by atoms with van der Waals surface area (Å²) in [5, 5.41) is 2.00. The maximum Gasteiger partial charge on any atom is 0.195 e. The van der Waals surface area contributed by atoms with Crippen LogP contribution in [0.1, 0.15) is 40.5 Å². The number of ketones is 2. The molecule has 0 fully saturated rings. The Kier molecular flexibility index (Phi) is 4.52. The Bertz CT molecular complexity index is 1030. The fourth-order valence-corrected chi connectivity index (χ4v) is 2.67. The minimum absolute atomic E-state index is 0.0197. The van der Waals surface area contributed by atoms with Crippen LogP contribution in [0.5, 0.6) is 0 Å². The number of hydrogen-bond donors (Lipinski definition) is 0. The number of hydrogen-bond acceptors (Lipinski definition) is 4. The van der Waals surface area contributed by atoms with Gasteiger partial charge < -0.3 is 8.83 Å². The normalized spacial score (nSPS) is 10.5. The lowest BCUT2D eigenvalue weighted by Gasteiger charge is -1.88. The van der Waals surface area contributed by atoms with E-state index in [2.05, 4.69) is 0 Å². The van der Waals surface area contributed by atoms with Crippen LogP contribution < -0.4 is 0 Å². The van der Waals surface area contributed by atoms with Crippen LogP contribution in [0.25, 0.3) is 21.9 Å². The van der Waals surface area contributed by atoms with Crippen molar-refractivity contribution in [3.05, 3.63) is 71.7 Å². The lowest BCUT2D eigenvalue weighted by atomic mass is 10.1. The van der Waals surface area contributed by atoms with Crippen LogP contribution in [0.15, 0.2) is 63.4 Å². The summed E-state index contributed by atoms with van der Waals surface area (Å²) < 4.78 is 10.7. The number of benzene rings is 2. The molecule has 0 aliphatic heterocycles. The fraction of sp³-hybridized carbons (Fsp3) is 0.143. The minimum atomic E-state index is -0.0359. The topological polar surface area (TPSA) is 60.4 Å². The van der Waals surface area contributed by atoms with Gasteiger partial charge in [-0.1, -0.05) is 36.4 Å². The van der Waals surface area contributed by atoms with Crippen LogP contribution in [0.4, 0.5) is 0 Å². The van der Waals surface area contributed by atoms with Gasteiger partial charge in [0.25, 0.3) is 0 Å². The maximum atomic E-state index is 11.1. The number of para-hydroxylation sites is 2. The average molecular weight is 334 g/mol. The maximum absolute atomic E-state index is 11.1. The van der Waals surface area contributed by atoms with Gasteiger partial charge in [0.05, 0.1) is 0 Å². The molecular weight excluding hydrogens is 316 g/mol. The molecule has 4 aromatic rings. The quantitative estimate of drug-likeness (QED) is 0.449. The van der Waals surface area contributed by atoms with Gasteiger partial charge in [-0.15, -0.1) is 0 Å². The number of furan rings is 2. The van der Waals surface area contributed by atoms with E-state index in [0.717, 1.165) is 27.5 Å². The van der Waals surface area contributed by atoms with Gasteiger partial charge >= 0.3 is 0 Å². The largest absolute Gasteiger partial charge is 0.453 e. The van der Waals surface area contributed by atoms with Gasteiger partial charge in [0.2, 0.25) is 0 Å². The molecule has 0 saturated carbocycles. The zero-order valence-electron chi connectivity index (χ0n) is 14.3. The molecular formula is C21H18O4. The van der Waals surface area contributed by atoms with E-state index in [4.69, 9.17) is 8.83 Å². The van der Waals surface area contributed by atoms with Crippen molar-refractivity contribution in [3.8, 4) is 0 Å². The van der Waals surface area contributed by atoms with Crippen molar-refractivity contribution >= 4 is 33.5 Å². The first-order chi connectivity index (χ1) is 12.0. The van der Waals surface area contributed by atoms with Gasteiger partial charge in [-0.25, -0.2) is 0 Å². The summed E-state index contributed by atoms with van der Waals surface area (Å²) in [7, 11) is 0. The molecule has 126 valence electrons. The molecule has 0 aliphatic carbocycles. The number of carbonyl (C=O) groups excluding carboxylic acids is 2. The summed E-state index contributed by atoms with van der Waals surface area (Å²) in [6.07, 6.45) is 0. The predicted molar refractivity (Wildman–Crippen MR) is 97.2 cm³/mol. The molecule has 0 aliphatic rings. The van der Waals surface area contributed by atoms with E-state index in [-0.39, 0.29) is 11.6 Å². The highest BCUT2D eigenvalue weighted by molar-refractivity contribution is 5.98. The molecule has 2 heterocycles. The summed E-state index contributed by atoms with van der Waals surface area (Å²) in [5.41, 5.74) is 2.48. The molecule has 0 N–H and O–H groups in total. The molecule has 0 radical (unpaired) electrons. The highest BCUT2D eigenvalue weighted by Crippen LogP contribution is 2.24. The first kappa shape index (κ1) is 16.7. The van der Waals surface area contributed by atoms with E-state index in [1.807, 2.05) is 55.5 Å². The van der Waals surface area contributed by atoms with Gasteiger partial charge in [-0.3, -0.25) is 9.59 Å². The van der Waals surface area contributed by atoms with Crippen molar-refractivity contribution in [2.24, 2.45) is 0 Å². The summed E-state index contributed by atoms with van der Waals surface area (Å²) in [4.78, 5) is 22.1. The number of rotatable bonds is 2. The fourth-order valence-electron chi connectivity index (χ4n) is 2.67. The number of fused-ring (bicyclic) bond motifs is 2. The molecule has 4 nitrogen and oxygen atoms in total. The third-order valence-corrected chi connectivity index (χ3v) is 3.94. The third kappa shape index (κ3) is 3.38. The Morgan fingerprint density at radius 2 is 1.44 bits per heavy atom. The molecule has 0 unspecified atom stereocenters. The monoisotopic (exact) mass is 334 g/mol. The summed E-state index contributed by atoms with van der Waals surface area (Å²) in [5.74, 6) is 0.845. The number of aryl methyl sites for hydroxylation is 1. The second-order valence-corrected chi connectivity index (χ2v) is 5.81. The second-order valence-electron chi connectivity index (χ2n) is 5.81. The zero-order valence-corrected chi connectivity index (χ0v) is 14.3.